The summed E-state index contributed by atoms with van der Waals surface area (Å²) in [6, 6.07) is 54.9. The number of carbonyl (C=O) groups excluding carboxylic acids is 11. The predicted molar refractivity (Wildman–Crippen MR) is 540 cm³/mol. The Balaban J connectivity index is 0.000000415. The number of hydrogen-bond acceptors (Lipinski definition) is 26. The number of aliphatic hydroxyl groups excluding tert-OH is 3. The first-order valence-electron chi connectivity index (χ1n) is 46.6. The summed E-state index contributed by atoms with van der Waals surface area (Å²) in [5, 5.41) is 38.8. The van der Waals surface area contributed by atoms with Gasteiger partial charge in [0.2, 0.25) is 23.6 Å². The summed E-state index contributed by atoms with van der Waals surface area (Å²) >= 11 is 0. The van der Waals surface area contributed by atoms with Crippen LogP contribution in [-0.2, 0) is 81.6 Å². The topological polar surface area (TPSA) is 448 Å². The van der Waals surface area contributed by atoms with Gasteiger partial charge in [-0.1, -0.05) is 164 Å². The molecule has 5 fully saturated rings. The zero-order valence-corrected chi connectivity index (χ0v) is 84.5. The maximum absolute atomic E-state index is 13.1. The van der Waals surface area contributed by atoms with Gasteiger partial charge in [0.15, 0.2) is 0 Å². The fraction of sp³-hybridized carbons (Fsp3) is 0.422. The number of ether oxygens (including phenoxy) is 6. The summed E-state index contributed by atoms with van der Waals surface area (Å²) in [6.45, 7) is 37.8. The maximum Gasteiger partial charge on any atom is 0.410 e. The zero-order chi connectivity index (χ0) is 107. The average Bonchev–Trinajstić information content (AvgIpc) is 1.69. The fourth-order valence-corrected chi connectivity index (χ4v) is 12.5. The maximum atomic E-state index is 13.1. The molecule has 8 aromatic carbocycles. The number of nitrogens with zero attached hydrogens (tertiary/aromatic N) is 7. The van der Waals surface area contributed by atoms with Gasteiger partial charge in [-0.15, -0.1) is 0 Å². The van der Waals surface area contributed by atoms with Crippen LogP contribution in [-0.4, -0.2) is 272 Å². The summed E-state index contributed by atoms with van der Waals surface area (Å²) in [4.78, 5) is 142. The van der Waals surface area contributed by atoms with Crippen LogP contribution >= 0.6 is 0 Å². The third-order valence-corrected chi connectivity index (χ3v) is 19.9. The Labute approximate surface area is 841 Å². The van der Waals surface area contributed by atoms with Crippen molar-refractivity contribution in [2.24, 2.45) is 5.73 Å². The van der Waals surface area contributed by atoms with Crippen LogP contribution in [0.2, 0.25) is 6.82 Å². The molecule has 5 saturated heterocycles. The van der Waals surface area contributed by atoms with E-state index in [1.165, 1.54) is 180 Å². The van der Waals surface area contributed by atoms with Gasteiger partial charge in [-0.05, 0) is 158 Å². The van der Waals surface area contributed by atoms with Crippen LogP contribution < -0.4 is 51.9 Å². The van der Waals surface area contributed by atoms with Crippen LogP contribution in [0.15, 0.2) is 194 Å². The van der Waals surface area contributed by atoms with Crippen LogP contribution in [0.4, 0.5) is 69.1 Å². The molecule has 144 heavy (non-hydrogen) atoms. The molecule has 5 aliphatic heterocycles. The molecule has 0 spiro atoms. The standard InChI is InChI=1S/C15H23NO3.4C12H13FN2O3.C11H13NO2.C10H15NO.C8H8O.C6H15N.C2H5B2O3.C2H7NO/c1-12-5-7-13(8-6-12)11-16(9-10-17)14(18)19-15(2,3)4;4*1-8(16)14-6-11-7-15(12(17)18-11)10-4-2-3-9(13)5-10;1-9-2-4-10(5-3-9)8-12-6-7-14-11(12)13;1-9-2-4-10(5-3-9)8-11-6-7-12;1-7-2-4-8(6-9)5-3-7;1-4-7(5-2)6-3;1-3-7-6-2-4-5;3-1-2-4/h5-8,17H,9-11H2,1-4H3;4*2-5,11H,6-7H2,1H3,(H,14,16);2-5H,6-8H2,1H3;2-5,11-12H,6-8H2,1H3;2-6H,1H3;4-6H2,1-3H3;2H2,1H3;4H,1-3H2/t;4*11-;;;;;;/m.0000....../s1. The Morgan fingerprint density at radius 1 is 0.493 bits per heavy atom. The number of aryl methyl sites for hydroxylation is 4. The minimum Gasteiger partial charge on any atom is -0.448 e. The molecule has 36 nitrogen and oxygen atoms in total. The average molecular weight is 2010 g/mol. The van der Waals surface area contributed by atoms with Crippen molar-refractivity contribution in [3.05, 3.63) is 262 Å². The molecule has 10 N–H and O–H groups in total. The van der Waals surface area contributed by atoms with E-state index in [1.54, 1.807) is 36.0 Å². The number of nitrogens with two attached hydrogens (primary N) is 1. The molecular formula is C102H138B2F4N13O23. The third kappa shape index (κ3) is 52.8. The van der Waals surface area contributed by atoms with Gasteiger partial charge >= 0.3 is 78.9 Å². The molecule has 0 saturated carbocycles. The minimum absolute atomic E-state index is 0.00958. The Kier molecular flexibility index (Phi) is 60.5. The second kappa shape index (κ2) is 70.0. The Hall–Kier alpha value is -13.7. The van der Waals surface area contributed by atoms with Gasteiger partial charge in [0.25, 0.3) is 0 Å². The number of nitrogens with one attached hydrogen (secondary N) is 5. The van der Waals surface area contributed by atoms with Crippen molar-refractivity contribution < 1.29 is 128 Å². The first-order chi connectivity index (χ1) is 68.6. The van der Waals surface area contributed by atoms with Crippen molar-refractivity contribution in [3.8, 4) is 0 Å². The van der Waals surface area contributed by atoms with E-state index in [0.29, 0.717) is 95.4 Å². The molecule has 5 aliphatic rings. The van der Waals surface area contributed by atoms with E-state index in [0.717, 1.165) is 29.5 Å². The summed E-state index contributed by atoms with van der Waals surface area (Å²) in [6.07, 6.45) is -3.53. The summed E-state index contributed by atoms with van der Waals surface area (Å²) in [5.41, 5.74) is 15.1. The number of cyclic esters (lactones) is 5. The second-order valence-electron chi connectivity index (χ2n) is 33.1. The molecule has 1 radical (unpaired) electrons. The number of benzene rings is 8. The molecule has 783 valence electrons. The predicted octanol–water partition coefficient (Wildman–Crippen LogP) is 12.6. The van der Waals surface area contributed by atoms with Gasteiger partial charge in [-0.3, -0.25) is 43.6 Å². The van der Waals surface area contributed by atoms with Crippen molar-refractivity contribution >= 4 is 104 Å². The molecule has 10 amide bonds. The van der Waals surface area contributed by atoms with Gasteiger partial charge in [0.05, 0.1) is 101 Å². The number of hydrogen-bond donors (Lipinski definition) is 9. The number of aliphatic hydroxyl groups is 3. The molecule has 13 rings (SSSR count). The van der Waals surface area contributed by atoms with E-state index in [1.807, 2.05) is 102 Å². The van der Waals surface area contributed by atoms with Gasteiger partial charge in [0.1, 0.15) is 66.2 Å². The van der Waals surface area contributed by atoms with Crippen LogP contribution in [0.1, 0.15) is 119 Å². The molecular weight excluding hydrogens is 1870 g/mol. The van der Waals surface area contributed by atoms with E-state index >= 15 is 0 Å². The van der Waals surface area contributed by atoms with Crippen molar-refractivity contribution in [2.75, 3.05) is 151 Å². The SMILES string of the molecule is CC(=O)NC[C@H]1CN(c2cccc(F)c2)C(=O)O1.CC(=O)NC[C@H]1CN(c2cccc(F)c2)C(=O)O1.CC(=O)NC[C@H]1CN(c2cccc(F)c2)C(=O)O1.CC(=O)NC[C@H]1CN(c2cccc(F)c2)C(=O)O1.CCN(CC)CC.C[B]OOCB=O.Cc1ccc(C=O)cc1.Cc1ccc(CN(CCO)C(=O)OC(C)(C)C)cc1.Cc1ccc(CN2CCOC2=O)cc1.Cc1ccc(CNCCO)cc1.NCCO. The Morgan fingerprint density at radius 2 is 0.826 bits per heavy atom. The number of halogens is 4. The molecule has 5 heterocycles. The number of carbonyl (C=O) groups is 11. The van der Waals surface area contributed by atoms with Gasteiger partial charge in [0, 0.05) is 72.5 Å². The normalized spacial score (nSPS) is 14.8. The smallest absolute Gasteiger partial charge is 0.410 e. The largest absolute Gasteiger partial charge is 0.448 e. The number of amides is 10. The van der Waals surface area contributed by atoms with E-state index in [-0.39, 0.29) is 88.8 Å². The van der Waals surface area contributed by atoms with Crippen LogP contribution in [0.5, 0.6) is 0 Å². The number of rotatable bonds is 31. The second-order valence-corrected chi connectivity index (χ2v) is 33.1. The number of aldehydes is 1. The van der Waals surface area contributed by atoms with E-state index in [2.05, 4.69) is 105 Å². The summed E-state index contributed by atoms with van der Waals surface area (Å²) in [7, 11) is 1.97. The van der Waals surface area contributed by atoms with E-state index in [4.69, 9.17) is 49.5 Å². The monoisotopic (exact) mass is 2010 g/mol. The van der Waals surface area contributed by atoms with Crippen molar-refractivity contribution in [1.29, 1.82) is 0 Å². The summed E-state index contributed by atoms with van der Waals surface area (Å²) in [5.74, 6) is -2.39. The molecule has 0 aromatic heterocycles. The van der Waals surface area contributed by atoms with Crippen LogP contribution in [0.25, 0.3) is 0 Å². The van der Waals surface area contributed by atoms with Crippen LogP contribution in [0, 0.1) is 51.0 Å². The minimum atomic E-state index is -0.532. The van der Waals surface area contributed by atoms with Gasteiger partial charge < -0.3 is 90.8 Å². The fourth-order valence-electron chi connectivity index (χ4n) is 12.5. The van der Waals surface area contributed by atoms with Gasteiger partial charge in [-0.2, -0.15) is 0 Å². The third-order valence-electron chi connectivity index (χ3n) is 19.9. The zero-order valence-electron chi connectivity index (χ0n) is 84.5. The van der Waals surface area contributed by atoms with E-state index in [9.17, 15) is 75.0 Å². The van der Waals surface area contributed by atoms with Crippen molar-refractivity contribution in [3.63, 3.8) is 0 Å². The van der Waals surface area contributed by atoms with Crippen molar-refractivity contribution in [2.45, 2.75) is 153 Å². The van der Waals surface area contributed by atoms with E-state index < -0.39 is 83.8 Å². The van der Waals surface area contributed by atoms with Crippen LogP contribution in [0.3, 0.4) is 0 Å². The Bertz CT molecular complexity index is 4820. The number of anilines is 4. The van der Waals surface area contributed by atoms with Gasteiger partial charge in [-0.25, -0.2) is 46.3 Å². The first-order valence-corrected chi connectivity index (χ1v) is 46.6. The van der Waals surface area contributed by atoms with Crippen molar-refractivity contribution in [1.82, 2.24) is 41.3 Å². The molecule has 8 aromatic rings. The summed E-state index contributed by atoms with van der Waals surface area (Å²) < 4.78 is 92.2. The molecule has 0 unspecified atom stereocenters. The molecule has 4 atom stereocenters. The molecule has 0 bridgehead atoms. The first kappa shape index (κ1) is 124. The molecule has 42 heteroatoms. The quantitative estimate of drug-likeness (QED) is 0.00370. The molecule has 0 aliphatic carbocycles. The Morgan fingerprint density at radius 3 is 1.09 bits per heavy atom.